The van der Waals surface area contributed by atoms with Crippen LogP contribution in [0.5, 0.6) is 0 Å². The van der Waals surface area contributed by atoms with Crippen LogP contribution >= 0.6 is 11.6 Å². The van der Waals surface area contributed by atoms with E-state index in [1.54, 1.807) is 41.3 Å². The average Bonchev–Trinajstić information content (AvgIpc) is 3.22. The van der Waals surface area contributed by atoms with Crippen molar-refractivity contribution in [1.29, 1.82) is 5.26 Å². The number of hydrogen-bond donors (Lipinski definition) is 1. The largest absolute Gasteiger partial charge is 0.464 e. The molecule has 0 radical (unpaired) electrons. The van der Waals surface area contributed by atoms with Crippen molar-refractivity contribution in [3.8, 4) is 17.4 Å². The van der Waals surface area contributed by atoms with E-state index in [0.717, 1.165) is 0 Å². The van der Waals surface area contributed by atoms with Gasteiger partial charge in [-0.2, -0.15) is 10.4 Å². The topological polar surface area (TPSA) is 98.9 Å². The molecule has 0 saturated heterocycles. The standard InChI is InChI=1S/C16H12ClN5O2/c1-24-16(23)15-14(19)10(8-18)9-21(15)13-7-11(17)3-4-12(13)22-6-2-5-20-22/h2-7,9H,19H2,1H3. The molecule has 2 aromatic heterocycles. The number of halogens is 1. The minimum absolute atomic E-state index is 0.0516. The van der Waals surface area contributed by atoms with Crippen molar-refractivity contribution >= 4 is 23.3 Å². The fourth-order valence-electron chi connectivity index (χ4n) is 2.40. The summed E-state index contributed by atoms with van der Waals surface area (Å²) in [6.07, 6.45) is 4.85. The third-order valence-corrected chi connectivity index (χ3v) is 3.73. The molecule has 0 unspecified atom stereocenters. The lowest BCUT2D eigenvalue weighted by atomic mass is 10.2. The van der Waals surface area contributed by atoms with Gasteiger partial charge in [0.25, 0.3) is 0 Å². The molecule has 0 saturated carbocycles. The zero-order valence-corrected chi connectivity index (χ0v) is 13.4. The summed E-state index contributed by atoms with van der Waals surface area (Å²) in [6, 6.07) is 8.86. The Hall–Kier alpha value is -3.24. The molecule has 0 aliphatic heterocycles. The molecule has 8 heteroatoms. The molecule has 2 heterocycles. The molecule has 24 heavy (non-hydrogen) atoms. The second-order valence-corrected chi connectivity index (χ2v) is 5.30. The molecule has 1 aromatic carbocycles. The fourth-order valence-corrected chi connectivity index (χ4v) is 2.57. The summed E-state index contributed by atoms with van der Waals surface area (Å²) < 4.78 is 7.90. The first-order valence-electron chi connectivity index (χ1n) is 6.86. The summed E-state index contributed by atoms with van der Waals surface area (Å²) in [7, 11) is 1.25. The Morgan fingerprint density at radius 1 is 1.42 bits per heavy atom. The van der Waals surface area contributed by atoms with Gasteiger partial charge in [-0.05, 0) is 24.3 Å². The number of ether oxygens (including phenoxy) is 1. The summed E-state index contributed by atoms with van der Waals surface area (Å²) in [5, 5.41) is 13.9. The number of anilines is 1. The molecule has 2 N–H and O–H groups in total. The first-order chi connectivity index (χ1) is 11.6. The Labute approximate surface area is 142 Å². The normalized spacial score (nSPS) is 10.4. The van der Waals surface area contributed by atoms with E-state index >= 15 is 0 Å². The van der Waals surface area contributed by atoms with Crippen molar-refractivity contribution in [2.24, 2.45) is 0 Å². The van der Waals surface area contributed by atoms with Gasteiger partial charge >= 0.3 is 5.97 Å². The lowest BCUT2D eigenvalue weighted by Gasteiger charge is -2.14. The van der Waals surface area contributed by atoms with E-state index in [9.17, 15) is 10.1 Å². The van der Waals surface area contributed by atoms with Crippen LogP contribution in [0.25, 0.3) is 11.4 Å². The average molecular weight is 342 g/mol. The van der Waals surface area contributed by atoms with E-state index in [1.807, 2.05) is 6.07 Å². The third kappa shape index (κ3) is 2.49. The maximum atomic E-state index is 12.2. The van der Waals surface area contributed by atoms with Crippen LogP contribution in [0.15, 0.2) is 42.9 Å². The van der Waals surface area contributed by atoms with E-state index in [1.165, 1.54) is 17.9 Å². The number of aromatic nitrogens is 3. The fraction of sp³-hybridized carbons (Fsp3) is 0.0625. The van der Waals surface area contributed by atoms with E-state index in [4.69, 9.17) is 22.1 Å². The number of nitrogen functional groups attached to an aromatic ring is 1. The van der Waals surface area contributed by atoms with Gasteiger partial charge in [0.2, 0.25) is 0 Å². The maximum absolute atomic E-state index is 12.2. The highest BCUT2D eigenvalue weighted by Crippen LogP contribution is 2.29. The van der Waals surface area contributed by atoms with Gasteiger partial charge in [-0.25, -0.2) is 9.48 Å². The van der Waals surface area contributed by atoms with Crippen LogP contribution in [0, 0.1) is 11.3 Å². The highest BCUT2D eigenvalue weighted by molar-refractivity contribution is 6.30. The van der Waals surface area contributed by atoms with Crippen LogP contribution < -0.4 is 5.73 Å². The Balaban J connectivity index is 2.33. The number of carbonyl (C=O) groups excluding carboxylic acids is 1. The van der Waals surface area contributed by atoms with E-state index < -0.39 is 5.97 Å². The summed E-state index contributed by atoms with van der Waals surface area (Å²) in [5.74, 6) is -0.652. The molecule has 3 aromatic rings. The minimum Gasteiger partial charge on any atom is -0.464 e. The predicted molar refractivity (Wildman–Crippen MR) is 88.4 cm³/mol. The lowest BCUT2D eigenvalue weighted by Crippen LogP contribution is -2.13. The van der Waals surface area contributed by atoms with Crippen LogP contribution in [0.2, 0.25) is 5.02 Å². The number of esters is 1. The lowest BCUT2D eigenvalue weighted by molar-refractivity contribution is 0.0593. The van der Waals surface area contributed by atoms with Gasteiger partial charge in [0, 0.05) is 23.6 Å². The van der Waals surface area contributed by atoms with Gasteiger partial charge < -0.3 is 15.0 Å². The number of nitrogens with zero attached hydrogens (tertiary/aromatic N) is 4. The van der Waals surface area contributed by atoms with Crippen molar-refractivity contribution < 1.29 is 9.53 Å². The Morgan fingerprint density at radius 3 is 2.83 bits per heavy atom. The summed E-state index contributed by atoms with van der Waals surface area (Å²) >= 11 is 6.12. The molecular weight excluding hydrogens is 330 g/mol. The third-order valence-electron chi connectivity index (χ3n) is 3.49. The van der Waals surface area contributed by atoms with Crippen LogP contribution in [0.4, 0.5) is 5.69 Å². The quantitative estimate of drug-likeness (QED) is 0.738. The Bertz CT molecular complexity index is 954. The number of carbonyl (C=O) groups is 1. The maximum Gasteiger partial charge on any atom is 0.357 e. The zero-order valence-electron chi connectivity index (χ0n) is 12.6. The first-order valence-corrected chi connectivity index (χ1v) is 7.23. The molecular formula is C16H12ClN5O2. The first kappa shape index (κ1) is 15.6. The SMILES string of the molecule is COC(=O)c1c(N)c(C#N)cn1-c1cc(Cl)ccc1-n1cccn1. The molecule has 0 spiro atoms. The zero-order chi connectivity index (χ0) is 17.3. The Morgan fingerprint density at radius 2 is 2.21 bits per heavy atom. The van der Waals surface area contributed by atoms with Gasteiger partial charge in [0.15, 0.2) is 5.69 Å². The molecule has 7 nitrogen and oxygen atoms in total. The molecule has 0 fully saturated rings. The van der Waals surface area contributed by atoms with Gasteiger partial charge in [0.05, 0.1) is 29.7 Å². The van der Waals surface area contributed by atoms with Crippen LogP contribution in [0.1, 0.15) is 16.1 Å². The number of benzene rings is 1. The van der Waals surface area contributed by atoms with Crippen molar-refractivity contribution in [3.63, 3.8) is 0 Å². The molecule has 0 aliphatic carbocycles. The predicted octanol–water partition coefficient (Wildman–Crippen LogP) is 2.56. The van der Waals surface area contributed by atoms with E-state index in [2.05, 4.69) is 5.10 Å². The molecule has 0 atom stereocenters. The summed E-state index contributed by atoms with van der Waals surface area (Å²) in [4.78, 5) is 12.2. The second kappa shape index (κ2) is 6.10. The second-order valence-electron chi connectivity index (χ2n) is 4.86. The van der Waals surface area contributed by atoms with Crippen molar-refractivity contribution in [1.82, 2.24) is 14.3 Å². The van der Waals surface area contributed by atoms with Crippen LogP contribution in [-0.4, -0.2) is 27.4 Å². The molecule has 120 valence electrons. The highest BCUT2D eigenvalue weighted by atomic mass is 35.5. The number of nitrogens with two attached hydrogens (primary N) is 1. The van der Waals surface area contributed by atoms with Gasteiger partial charge in [0.1, 0.15) is 6.07 Å². The van der Waals surface area contributed by atoms with E-state index in [-0.39, 0.29) is 16.9 Å². The van der Waals surface area contributed by atoms with Crippen molar-refractivity contribution in [2.75, 3.05) is 12.8 Å². The van der Waals surface area contributed by atoms with E-state index in [0.29, 0.717) is 16.4 Å². The summed E-state index contributed by atoms with van der Waals surface area (Å²) in [5.41, 5.74) is 7.42. The smallest absolute Gasteiger partial charge is 0.357 e. The van der Waals surface area contributed by atoms with Crippen LogP contribution in [-0.2, 0) is 4.74 Å². The monoisotopic (exact) mass is 341 g/mol. The van der Waals surface area contributed by atoms with Crippen molar-refractivity contribution in [3.05, 3.63) is 59.1 Å². The van der Waals surface area contributed by atoms with Crippen LogP contribution in [0.3, 0.4) is 0 Å². The number of rotatable bonds is 3. The molecule has 0 amide bonds. The molecule has 0 aliphatic rings. The van der Waals surface area contributed by atoms with Gasteiger partial charge in [-0.15, -0.1) is 0 Å². The summed E-state index contributed by atoms with van der Waals surface area (Å²) in [6.45, 7) is 0. The minimum atomic E-state index is -0.652. The molecule has 3 rings (SSSR count). The Kier molecular flexibility index (Phi) is 3.98. The van der Waals surface area contributed by atoms with Gasteiger partial charge in [-0.1, -0.05) is 11.6 Å². The number of nitriles is 1. The highest BCUT2D eigenvalue weighted by Gasteiger charge is 2.23. The van der Waals surface area contributed by atoms with Gasteiger partial charge in [-0.3, -0.25) is 0 Å². The number of hydrogen-bond acceptors (Lipinski definition) is 5. The van der Waals surface area contributed by atoms with Crippen molar-refractivity contribution in [2.45, 2.75) is 0 Å². The number of methoxy groups -OCH3 is 1. The molecule has 0 bridgehead atoms.